The van der Waals surface area contributed by atoms with Gasteiger partial charge >= 0.3 is 0 Å². The molecule has 1 heterocycles. The molecule has 2 heteroatoms. The summed E-state index contributed by atoms with van der Waals surface area (Å²) in [4.78, 5) is 0. The average molecular weight is 317 g/mol. The minimum Gasteiger partial charge on any atom is -0.492 e. The van der Waals surface area contributed by atoms with Crippen molar-refractivity contribution in [3.8, 4) is 5.75 Å². The van der Waals surface area contributed by atoms with Crippen molar-refractivity contribution in [1.29, 1.82) is 0 Å². The predicted octanol–water partition coefficient (Wildman–Crippen LogP) is 5.10. The zero-order chi connectivity index (χ0) is 13.4. The lowest BCUT2D eigenvalue weighted by Crippen LogP contribution is -2.02. The molecule has 0 amide bonds. The molecule has 0 saturated heterocycles. The van der Waals surface area contributed by atoms with Crippen molar-refractivity contribution in [2.45, 2.75) is 25.7 Å². The molecule has 2 aromatic rings. The lowest BCUT2D eigenvalue weighted by molar-refractivity contribution is 0.343. The van der Waals surface area contributed by atoms with Gasteiger partial charge in [-0.15, -0.1) is 0 Å². The van der Waals surface area contributed by atoms with Gasteiger partial charge in [0, 0.05) is 16.0 Å². The lowest BCUT2D eigenvalue weighted by Gasteiger charge is -2.12. The molecule has 19 heavy (non-hydrogen) atoms. The minimum atomic E-state index is 0.355. The predicted molar refractivity (Wildman–Crippen MR) is 82.0 cm³/mol. The SMILES string of the molecule is CC(C)c1ccc([C@H]2COc3ccc(Br)cc32)cc1. The van der Waals surface area contributed by atoms with Crippen LogP contribution < -0.4 is 4.74 Å². The average Bonchev–Trinajstić information content (AvgIpc) is 2.81. The number of ether oxygens (including phenoxy) is 1. The largest absolute Gasteiger partial charge is 0.492 e. The molecular weight excluding hydrogens is 300 g/mol. The normalized spacial score (nSPS) is 17.4. The second-order valence-electron chi connectivity index (χ2n) is 5.37. The first kappa shape index (κ1) is 12.7. The van der Waals surface area contributed by atoms with Crippen LogP contribution in [0.4, 0.5) is 0 Å². The van der Waals surface area contributed by atoms with E-state index < -0.39 is 0 Å². The Bertz CT molecular complexity index is 587. The Morgan fingerprint density at radius 3 is 2.53 bits per heavy atom. The molecule has 0 fully saturated rings. The molecule has 0 radical (unpaired) electrons. The summed E-state index contributed by atoms with van der Waals surface area (Å²) >= 11 is 3.54. The van der Waals surface area contributed by atoms with Gasteiger partial charge in [-0.1, -0.05) is 54.0 Å². The van der Waals surface area contributed by atoms with E-state index in [2.05, 4.69) is 60.1 Å². The van der Waals surface area contributed by atoms with Crippen LogP contribution in [-0.2, 0) is 0 Å². The summed E-state index contributed by atoms with van der Waals surface area (Å²) in [5.41, 5.74) is 4.00. The third-order valence-electron chi connectivity index (χ3n) is 3.76. The van der Waals surface area contributed by atoms with Crippen LogP contribution in [0.2, 0.25) is 0 Å². The van der Waals surface area contributed by atoms with Gasteiger partial charge in [-0.3, -0.25) is 0 Å². The summed E-state index contributed by atoms with van der Waals surface area (Å²) in [6.45, 7) is 5.19. The van der Waals surface area contributed by atoms with Gasteiger partial charge in [0.25, 0.3) is 0 Å². The van der Waals surface area contributed by atoms with E-state index in [1.165, 1.54) is 16.7 Å². The number of hydrogen-bond donors (Lipinski definition) is 0. The van der Waals surface area contributed by atoms with Crippen molar-refractivity contribution >= 4 is 15.9 Å². The quantitative estimate of drug-likeness (QED) is 0.749. The third kappa shape index (κ3) is 2.42. The van der Waals surface area contributed by atoms with Gasteiger partial charge in [-0.2, -0.15) is 0 Å². The Balaban J connectivity index is 1.95. The Labute approximate surface area is 122 Å². The summed E-state index contributed by atoms with van der Waals surface area (Å²) in [5, 5.41) is 0. The minimum absolute atomic E-state index is 0.355. The maximum atomic E-state index is 5.78. The van der Waals surface area contributed by atoms with Crippen molar-refractivity contribution in [1.82, 2.24) is 0 Å². The molecule has 1 nitrogen and oxygen atoms in total. The van der Waals surface area contributed by atoms with Crippen LogP contribution in [0.1, 0.15) is 42.4 Å². The van der Waals surface area contributed by atoms with Gasteiger partial charge in [-0.25, -0.2) is 0 Å². The van der Waals surface area contributed by atoms with Crippen LogP contribution in [0.25, 0.3) is 0 Å². The smallest absolute Gasteiger partial charge is 0.123 e. The second kappa shape index (κ2) is 5.01. The maximum absolute atomic E-state index is 5.78. The number of rotatable bonds is 2. The fourth-order valence-corrected chi connectivity index (χ4v) is 2.95. The van der Waals surface area contributed by atoms with Crippen molar-refractivity contribution in [2.24, 2.45) is 0 Å². The molecule has 1 aliphatic heterocycles. The number of benzene rings is 2. The fourth-order valence-electron chi connectivity index (χ4n) is 2.57. The van der Waals surface area contributed by atoms with Gasteiger partial charge in [0.1, 0.15) is 5.75 Å². The Kier molecular flexibility index (Phi) is 3.36. The third-order valence-corrected chi connectivity index (χ3v) is 4.25. The molecular formula is C17H17BrO. The van der Waals surface area contributed by atoms with Crippen LogP contribution in [0.3, 0.4) is 0 Å². The van der Waals surface area contributed by atoms with Crippen molar-refractivity contribution < 1.29 is 4.74 Å². The molecule has 0 unspecified atom stereocenters. The van der Waals surface area contributed by atoms with Crippen LogP contribution in [0.15, 0.2) is 46.9 Å². The van der Waals surface area contributed by atoms with E-state index in [1.54, 1.807) is 0 Å². The summed E-state index contributed by atoms with van der Waals surface area (Å²) in [7, 11) is 0. The molecule has 1 atom stereocenters. The van der Waals surface area contributed by atoms with Crippen molar-refractivity contribution in [2.75, 3.05) is 6.61 Å². The van der Waals surface area contributed by atoms with E-state index in [1.807, 2.05) is 12.1 Å². The summed E-state index contributed by atoms with van der Waals surface area (Å²) < 4.78 is 6.89. The molecule has 1 aliphatic rings. The van der Waals surface area contributed by atoms with E-state index in [4.69, 9.17) is 4.74 Å². The van der Waals surface area contributed by atoms with E-state index in [0.29, 0.717) is 11.8 Å². The number of halogens is 1. The first-order valence-electron chi connectivity index (χ1n) is 6.67. The molecule has 0 aliphatic carbocycles. The Morgan fingerprint density at radius 2 is 1.84 bits per heavy atom. The van der Waals surface area contributed by atoms with Crippen LogP contribution in [-0.4, -0.2) is 6.61 Å². The molecule has 0 aromatic heterocycles. The molecule has 2 aromatic carbocycles. The highest BCUT2D eigenvalue weighted by atomic mass is 79.9. The van der Waals surface area contributed by atoms with Gasteiger partial charge in [-0.05, 0) is 35.2 Å². The molecule has 0 bridgehead atoms. The fraction of sp³-hybridized carbons (Fsp3) is 0.294. The first-order valence-corrected chi connectivity index (χ1v) is 7.46. The van der Waals surface area contributed by atoms with E-state index >= 15 is 0 Å². The maximum Gasteiger partial charge on any atom is 0.123 e. The summed E-state index contributed by atoms with van der Waals surface area (Å²) in [6, 6.07) is 15.2. The highest BCUT2D eigenvalue weighted by Gasteiger charge is 2.25. The van der Waals surface area contributed by atoms with E-state index in [0.717, 1.165) is 16.8 Å². The van der Waals surface area contributed by atoms with Crippen molar-refractivity contribution in [3.05, 3.63) is 63.6 Å². The topological polar surface area (TPSA) is 9.23 Å². The lowest BCUT2D eigenvalue weighted by atomic mass is 9.91. The Hall–Kier alpha value is -1.28. The van der Waals surface area contributed by atoms with Crippen LogP contribution >= 0.6 is 15.9 Å². The van der Waals surface area contributed by atoms with Gasteiger partial charge in [0.2, 0.25) is 0 Å². The first-order chi connectivity index (χ1) is 9.15. The van der Waals surface area contributed by atoms with Gasteiger partial charge in [0.15, 0.2) is 0 Å². The highest BCUT2D eigenvalue weighted by Crippen LogP contribution is 2.39. The highest BCUT2D eigenvalue weighted by molar-refractivity contribution is 9.10. The van der Waals surface area contributed by atoms with Crippen LogP contribution in [0, 0.1) is 0 Å². The molecule has 0 spiro atoms. The Morgan fingerprint density at radius 1 is 1.11 bits per heavy atom. The molecule has 0 N–H and O–H groups in total. The molecule has 0 saturated carbocycles. The summed E-state index contributed by atoms with van der Waals surface area (Å²) in [5.74, 6) is 1.95. The molecule has 3 rings (SSSR count). The van der Waals surface area contributed by atoms with Crippen molar-refractivity contribution in [3.63, 3.8) is 0 Å². The number of fused-ring (bicyclic) bond motifs is 1. The molecule has 98 valence electrons. The number of hydrogen-bond acceptors (Lipinski definition) is 1. The van der Waals surface area contributed by atoms with Gasteiger partial charge < -0.3 is 4.74 Å². The van der Waals surface area contributed by atoms with Crippen LogP contribution in [0.5, 0.6) is 5.75 Å². The second-order valence-corrected chi connectivity index (χ2v) is 6.28. The zero-order valence-corrected chi connectivity index (χ0v) is 12.8. The monoisotopic (exact) mass is 316 g/mol. The summed E-state index contributed by atoms with van der Waals surface area (Å²) in [6.07, 6.45) is 0. The van der Waals surface area contributed by atoms with E-state index in [-0.39, 0.29) is 0 Å². The standard InChI is InChI=1S/C17H17BrO/c1-11(2)12-3-5-13(6-4-12)16-10-19-17-8-7-14(18)9-15(16)17/h3-9,11,16H,10H2,1-2H3/t16-/m1/s1. The van der Waals surface area contributed by atoms with Gasteiger partial charge in [0.05, 0.1) is 6.61 Å². The zero-order valence-electron chi connectivity index (χ0n) is 11.2. The van der Waals surface area contributed by atoms with E-state index in [9.17, 15) is 0 Å².